The number of nitrogens with zero attached hydrogens (tertiary/aromatic N) is 6. The number of nitrogens with two attached hydrogens (primary N) is 2. The largest absolute Gasteiger partial charge is 0.383 e. The van der Waals surface area contributed by atoms with E-state index in [4.69, 9.17) is 21.4 Å². The number of pyridine rings is 2. The van der Waals surface area contributed by atoms with Gasteiger partial charge in [0.05, 0.1) is 5.56 Å². The summed E-state index contributed by atoms with van der Waals surface area (Å²) in [5.74, 6) is 1.84. The maximum Gasteiger partial charge on any atom is 0.167 e. The number of imidazole rings is 1. The molecule has 1 aliphatic carbocycles. The minimum atomic E-state index is 0.0987. The number of aryl methyl sites for hydroxylation is 1. The van der Waals surface area contributed by atoms with E-state index in [0.29, 0.717) is 17.5 Å². The second kappa shape index (κ2) is 6.75. The first-order valence-corrected chi connectivity index (χ1v) is 10.2. The lowest BCUT2D eigenvalue weighted by molar-refractivity contribution is 0.713. The highest BCUT2D eigenvalue weighted by atomic mass is 15.3. The highest BCUT2D eigenvalue weighted by Crippen LogP contribution is 2.34. The summed E-state index contributed by atoms with van der Waals surface area (Å²) in [6, 6.07) is 16.0. The van der Waals surface area contributed by atoms with Crippen LogP contribution in [0.25, 0.3) is 34.1 Å². The zero-order valence-electron chi connectivity index (χ0n) is 16.7. The molecule has 31 heavy (non-hydrogen) atoms. The van der Waals surface area contributed by atoms with E-state index in [2.05, 4.69) is 28.3 Å². The van der Waals surface area contributed by atoms with Gasteiger partial charge in [-0.1, -0.05) is 6.07 Å². The summed E-state index contributed by atoms with van der Waals surface area (Å²) >= 11 is 0. The summed E-state index contributed by atoms with van der Waals surface area (Å²) < 4.78 is 3.77. The van der Waals surface area contributed by atoms with Crippen molar-refractivity contribution in [3.05, 3.63) is 78.2 Å². The van der Waals surface area contributed by atoms with Crippen molar-refractivity contribution < 1.29 is 0 Å². The first-order chi connectivity index (χ1) is 15.2. The fraction of sp³-hybridized carbons (Fsp3) is 0.130. The van der Waals surface area contributed by atoms with Crippen molar-refractivity contribution in [1.82, 2.24) is 29.3 Å². The first-order valence-electron chi connectivity index (χ1n) is 10.2. The number of aromatic nitrogens is 6. The molecule has 1 atom stereocenters. The summed E-state index contributed by atoms with van der Waals surface area (Å²) in [7, 11) is 0. The van der Waals surface area contributed by atoms with Crippen molar-refractivity contribution in [2.75, 3.05) is 5.73 Å². The number of nitrogen functional groups attached to an aromatic ring is 1. The van der Waals surface area contributed by atoms with Crippen LogP contribution in [0.2, 0.25) is 0 Å². The SMILES string of the molecule is Nc1ncccc1-c1nc2ccc(-n3cccn3)nc2n1-c1ccc2c(c1)CC[C@@H]2N. The standard InChI is InChI=1S/C23H20N8/c24-18-7-4-14-13-15(5-6-16(14)18)31-22(17-3-1-10-26-21(17)25)28-19-8-9-20(29-23(19)31)30-12-2-11-27-30/h1-3,5-6,8-13,18H,4,7,24H2,(H2,25,26)/t18-/m0/s1. The van der Waals surface area contributed by atoms with E-state index < -0.39 is 0 Å². The molecule has 0 radical (unpaired) electrons. The fourth-order valence-corrected chi connectivity index (χ4v) is 4.29. The van der Waals surface area contributed by atoms with Gasteiger partial charge < -0.3 is 11.5 Å². The topological polar surface area (TPSA) is 113 Å². The summed E-state index contributed by atoms with van der Waals surface area (Å²) in [6.07, 6.45) is 7.21. The van der Waals surface area contributed by atoms with Crippen molar-refractivity contribution in [3.8, 4) is 22.9 Å². The van der Waals surface area contributed by atoms with Crippen LogP contribution >= 0.6 is 0 Å². The van der Waals surface area contributed by atoms with Crippen LogP contribution in [0, 0.1) is 0 Å². The molecule has 1 aromatic carbocycles. The number of fused-ring (bicyclic) bond motifs is 2. The molecule has 0 aliphatic heterocycles. The molecule has 0 saturated carbocycles. The molecule has 0 saturated heterocycles. The molecule has 0 amide bonds. The van der Waals surface area contributed by atoms with Crippen molar-refractivity contribution in [3.63, 3.8) is 0 Å². The minimum Gasteiger partial charge on any atom is -0.383 e. The average Bonchev–Trinajstić information content (AvgIpc) is 3.52. The molecular formula is C23H20N8. The van der Waals surface area contributed by atoms with Gasteiger partial charge in [0.15, 0.2) is 17.3 Å². The van der Waals surface area contributed by atoms with E-state index >= 15 is 0 Å². The van der Waals surface area contributed by atoms with E-state index in [1.807, 2.05) is 41.1 Å². The Morgan fingerprint density at radius 2 is 1.94 bits per heavy atom. The van der Waals surface area contributed by atoms with Gasteiger partial charge in [0, 0.05) is 30.3 Å². The second-order valence-corrected chi connectivity index (χ2v) is 7.70. The quantitative estimate of drug-likeness (QED) is 0.474. The monoisotopic (exact) mass is 408 g/mol. The molecule has 8 nitrogen and oxygen atoms in total. The van der Waals surface area contributed by atoms with Gasteiger partial charge in [0.2, 0.25) is 0 Å². The number of anilines is 1. The molecule has 0 fully saturated rings. The van der Waals surface area contributed by atoms with Gasteiger partial charge in [-0.2, -0.15) is 5.10 Å². The fourth-order valence-electron chi connectivity index (χ4n) is 4.29. The number of hydrogen-bond donors (Lipinski definition) is 2. The maximum absolute atomic E-state index is 6.25. The van der Waals surface area contributed by atoms with E-state index in [9.17, 15) is 0 Å². The number of rotatable bonds is 3. The van der Waals surface area contributed by atoms with E-state index in [1.165, 1.54) is 11.1 Å². The van der Waals surface area contributed by atoms with Crippen molar-refractivity contribution >= 4 is 17.0 Å². The molecule has 4 N–H and O–H groups in total. The molecule has 0 spiro atoms. The molecule has 6 rings (SSSR count). The highest BCUT2D eigenvalue weighted by molar-refractivity contribution is 5.83. The van der Waals surface area contributed by atoms with Gasteiger partial charge in [-0.05, 0) is 66.4 Å². The zero-order chi connectivity index (χ0) is 20.9. The van der Waals surface area contributed by atoms with Crippen molar-refractivity contribution in [2.24, 2.45) is 5.73 Å². The third kappa shape index (κ3) is 2.80. The van der Waals surface area contributed by atoms with Crippen molar-refractivity contribution in [1.29, 1.82) is 0 Å². The van der Waals surface area contributed by atoms with Crippen LogP contribution in [-0.4, -0.2) is 29.3 Å². The number of benzene rings is 1. The summed E-state index contributed by atoms with van der Waals surface area (Å²) in [4.78, 5) is 14.0. The molecular weight excluding hydrogens is 388 g/mol. The third-order valence-corrected chi connectivity index (χ3v) is 5.82. The van der Waals surface area contributed by atoms with Crippen LogP contribution in [0.15, 0.2) is 67.1 Å². The molecule has 4 heterocycles. The van der Waals surface area contributed by atoms with E-state index in [-0.39, 0.29) is 6.04 Å². The van der Waals surface area contributed by atoms with Gasteiger partial charge in [0.1, 0.15) is 11.3 Å². The Labute approximate surface area is 178 Å². The van der Waals surface area contributed by atoms with Gasteiger partial charge >= 0.3 is 0 Å². The van der Waals surface area contributed by atoms with E-state index in [1.54, 1.807) is 17.1 Å². The van der Waals surface area contributed by atoms with Crippen LogP contribution in [0.1, 0.15) is 23.6 Å². The van der Waals surface area contributed by atoms with Crippen LogP contribution in [0.3, 0.4) is 0 Å². The molecule has 8 heteroatoms. The third-order valence-electron chi connectivity index (χ3n) is 5.82. The Bertz CT molecular complexity index is 1420. The number of hydrogen-bond acceptors (Lipinski definition) is 6. The van der Waals surface area contributed by atoms with Gasteiger partial charge in [-0.3, -0.25) is 4.57 Å². The predicted molar refractivity (Wildman–Crippen MR) is 119 cm³/mol. The van der Waals surface area contributed by atoms with Crippen LogP contribution in [0.4, 0.5) is 5.82 Å². The molecule has 5 aromatic rings. The maximum atomic E-state index is 6.25. The lowest BCUT2D eigenvalue weighted by Gasteiger charge is -2.13. The van der Waals surface area contributed by atoms with E-state index in [0.717, 1.165) is 35.3 Å². The Morgan fingerprint density at radius 1 is 1.00 bits per heavy atom. The highest BCUT2D eigenvalue weighted by Gasteiger charge is 2.22. The first kappa shape index (κ1) is 17.8. The Hall–Kier alpha value is -4.04. The summed E-state index contributed by atoms with van der Waals surface area (Å²) in [5, 5.41) is 4.31. The van der Waals surface area contributed by atoms with Gasteiger partial charge in [-0.15, -0.1) is 0 Å². The molecule has 4 aromatic heterocycles. The normalized spacial score (nSPS) is 15.5. The zero-order valence-corrected chi connectivity index (χ0v) is 16.7. The summed E-state index contributed by atoms with van der Waals surface area (Å²) in [6.45, 7) is 0. The molecule has 0 unspecified atom stereocenters. The lowest BCUT2D eigenvalue weighted by atomic mass is 10.1. The second-order valence-electron chi connectivity index (χ2n) is 7.70. The molecule has 1 aliphatic rings. The Morgan fingerprint density at radius 3 is 2.77 bits per heavy atom. The smallest absolute Gasteiger partial charge is 0.167 e. The Balaban J connectivity index is 1.64. The van der Waals surface area contributed by atoms with Crippen molar-refractivity contribution in [2.45, 2.75) is 18.9 Å². The van der Waals surface area contributed by atoms with Gasteiger partial charge in [-0.25, -0.2) is 19.6 Å². The van der Waals surface area contributed by atoms with Crippen LogP contribution in [0.5, 0.6) is 0 Å². The van der Waals surface area contributed by atoms with Crippen LogP contribution in [-0.2, 0) is 6.42 Å². The summed E-state index contributed by atoms with van der Waals surface area (Å²) in [5.41, 5.74) is 18.2. The van der Waals surface area contributed by atoms with Crippen LogP contribution < -0.4 is 11.5 Å². The Kier molecular flexibility index (Phi) is 3.87. The predicted octanol–water partition coefficient (Wildman–Crippen LogP) is 3.20. The average molecular weight is 408 g/mol. The molecule has 0 bridgehead atoms. The van der Waals surface area contributed by atoms with Gasteiger partial charge in [0.25, 0.3) is 0 Å². The lowest BCUT2D eigenvalue weighted by Crippen LogP contribution is -2.06. The minimum absolute atomic E-state index is 0.0987. The molecule has 152 valence electrons.